The van der Waals surface area contributed by atoms with Crippen LogP contribution in [0.3, 0.4) is 0 Å². The largest absolute Gasteiger partial charge is 0.223 e. The summed E-state index contributed by atoms with van der Waals surface area (Å²) in [4.78, 5) is 0.147. The van der Waals surface area contributed by atoms with E-state index in [2.05, 4.69) is 0 Å². The first-order valence-corrected chi connectivity index (χ1v) is 8.29. The van der Waals surface area contributed by atoms with Crippen LogP contribution in [0.4, 0.5) is 0 Å². The van der Waals surface area contributed by atoms with Gasteiger partial charge in [0.25, 0.3) is 0 Å². The van der Waals surface area contributed by atoms with Gasteiger partial charge in [0.2, 0.25) is 0 Å². The zero-order valence-corrected chi connectivity index (χ0v) is 12.4. The fourth-order valence-electron chi connectivity index (χ4n) is 2.93. The molecule has 0 heterocycles. The van der Waals surface area contributed by atoms with Gasteiger partial charge in [-0.15, -0.1) is 0 Å². The number of hydrogen-bond acceptors (Lipinski definition) is 4. The summed E-state index contributed by atoms with van der Waals surface area (Å²) in [5.74, 6) is -0.617. The predicted molar refractivity (Wildman–Crippen MR) is 80.3 cm³/mol. The molecule has 0 N–H and O–H groups in total. The quantitative estimate of drug-likeness (QED) is 0.873. The monoisotopic (exact) mass is 308 g/mol. The molecule has 0 bridgehead atoms. The van der Waals surface area contributed by atoms with Crippen molar-refractivity contribution in [2.45, 2.75) is 16.1 Å². The first kappa shape index (κ1) is 14.3. The Hall–Kier alpha value is -2.63. The van der Waals surface area contributed by atoms with Crippen molar-refractivity contribution in [3.63, 3.8) is 0 Å². The molecule has 2 aromatic rings. The molecule has 0 saturated heterocycles. The third kappa shape index (κ3) is 1.91. The van der Waals surface area contributed by atoms with Crippen molar-refractivity contribution in [3.05, 3.63) is 66.2 Å². The van der Waals surface area contributed by atoms with Gasteiger partial charge in [0.05, 0.1) is 17.0 Å². The van der Waals surface area contributed by atoms with Gasteiger partial charge >= 0.3 is 0 Å². The summed E-state index contributed by atoms with van der Waals surface area (Å²) in [5, 5.41) is 17.8. The minimum absolute atomic E-state index is 0.147. The van der Waals surface area contributed by atoms with Gasteiger partial charge in [0.1, 0.15) is 5.25 Å². The van der Waals surface area contributed by atoms with Gasteiger partial charge in [-0.3, -0.25) is 0 Å². The number of sulfone groups is 1. The Bertz CT molecular complexity index is 864. The summed E-state index contributed by atoms with van der Waals surface area (Å²) < 4.78 is 25.6. The van der Waals surface area contributed by atoms with Crippen molar-refractivity contribution >= 4 is 9.84 Å². The molecule has 0 radical (unpaired) electrons. The SMILES string of the molecule is N#CC1(C#N)C(c2ccccc2)C1S(=O)(=O)c1ccccc1. The maximum atomic E-state index is 12.8. The van der Waals surface area contributed by atoms with E-state index in [9.17, 15) is 18.9 Å². The highest BCUT2D eigenvalue weighted by molar-refractivity contribution is 7.92. The minimum atomic E-state index is -3.74. The molecule has 1 saturated carbocycles. The molecule has 0 amide bonds. The third-order valence-corrected chi connectivity index (χ3v) is 6.31. The molecule has 2 aromatic carbocycles. The van der Waals surface area contributed by atoms with E-state index < -0.39 is 26.4 Å². The number of nitriles is 2. The van der Waals surface area contributed by atoms with Crippen LogP contribution >= 0.6 is 0 Å². The first-order valence-electron chi connectivity index (χ1n) is 6.74. The number of benzene rings is 2. The molecule has 1 aliphatic rings. The third-order valence-electron chi connectivity index (χ3n) is 4.07. The Morgan fingerprint density at radius 2 is 1.36 bits per heavy atom. The smallest absolute Gasteiger partial charge is 0.184 e. The fraction of sp³-hybridized carbons (Fsp3) is 0.176. The van der Waals surface area contributed by atoms with Crippen molar-refractivity contribution in [2.24, 2.45) is 5.41 Å². The van der Waals surface area contributed by atoms with Crippen molar-refractivity contribution < 1.29 is 8.42 Å². The van der Waals surface area contributed by atoms with Crippen molar-refractivity contribution in [1.82, 2.24) is 0 Å². The van der Waals surface area contributed by atoms with Crippen LogP contribution in [-0.2, 0) is 9.84 Å². The molecule has 1 aliphatic carbocycles. The van der Waals surface area contributed by atoms with Gasteiger partial charge < -0.3 is 0 Å². The standard InChI is InChI=1S/C17H12N2O2S/c18-11-17(12-19)15(13-7-3-1-4-8-13)16(17)22(20,21)14-9-5-2-6-10-14/h1-10,15-16H. The second-order valence-electron chi connectivity index (χ2n) is 5.26. The highest BCUT2D eigenvalue weighted by Gasteiger charge is 2.73. The van der Waals surface area contributed by atoms with E-state index in [1.54, 1.807) is 42.5 Å². The molecular weight excluding hydrogens is 296 g/mol. The summed E-state index contributed by atoms with van der Waals surface area (Å²) in [6.07, 6.45) is 0. The normalized spacial score (nSPS) is 22.3. The zero-order valence-electron chi connectivity index (χ0n) is 11.5. The minimum Gasteiger partial charge on any atom is -0.223 e. The van der Waals surface area contributed by atoms with E-state index in [4.69, 9.17) is 0 Å². The lowest BCUT2D eigenvalue weighted by atomic mass is 10.0. The summed E-state index contributed by atoms with van der Waals surface area (Å²) in [6.45, 7) is 0. The van der Waals surface area contributed by atoms with Crippen LogP contribution < -0.4 is 0 Å². The van der Waals surface area contributed by atoms with Gasteiger partial charge in [-0.2, -0.15) is 10.5 Å². The summed E-state index contributed by atoms with van der Waals surface area (Å²) in [7, 11) is -3.74. The summed E-state index contributed by atoms with van der Waals surface area (Å²) in [6, 6.07) is 20.7. The van der Waals surface area contributed by atoms with Gasteiger partial charge in [0.15, 0.2) is 15.3 Å². The van der Waals surface area contributed by atoms with Gasteiger partial charge in [-0.25, -0.2) is 8.42 Å². The lowest BCUT2D eigenvalue weighted by Crippen LogP contribution is -2.14. The average molecular weight is 308 g/mol. The van der Waals surface area contributed by atoms with Gasteiger partial charge in [-0.1, -0.05) is 48.5 Å². The molecule has 0 aromatic heterocycles. The van der Waals surface area contributed by atoms with E-state index in [0.717, 1.165) is 0 Å². The molecule has 2 unspecified atom stereocenters. The highest BCUT2D eigenvalue weighted by atomic mass is 32.2. The first-order chi connectivity index (χ1) is 10.6. The van der Waals surface area contributed by atoms with Crippen molar-refractivity contribution in [3.8, 4) is 12.1 Å². The topological polar surface area (TPSA) is 81.7 Å². The Labute approximate surface area is 129 Å². The number of rotatable bonds is 3. The fourth-order valence-corrected chi connectivity index (χ4v) is 5.15. The molecule has 3 rings (SSSR count). The van der Waals surface area contributed by atoms with Crippen LogP contribution in [0.25, 0.3) is 0 Å². The van der Waals surface area contributed by atoms with Crippen LogP contribution in [-0.4, -0.2) is 13.7 Å². The van der Waals surface area contributed by atoms with Gasteiger partial charge in [0, 0.05) is 5.92 Å². The van der Waals surface area contributed by atoms with Crippen LogP contribution in [0.1, 0.15) is 11.5 Å². The molecule has 108 valence electrons. The molecule has 5 heteroatoms. The van der Waals surface area contributed by atoms with E-state index in [1.807, 2.05) is 18.2 Å². The Morgan fingerprint density at radius 3 is 1.86 bits per heavy atom. The maximum Gasteiger partial charge on any atom is 0.184 e. The van der Waals surface area contributed by atoms with Gasteiger partial charge in [-0.05, 0) is 17.7 Å². The predicted octanol–water partition coefficient (Wildman–Crippen LogP) is 2.66. The Balaban J connectivity index is 2.11. The Morgan fingerprint density at radius 1 is 0.864 bits per heavy atom. The average Bonchev–Trinajstić information content (AvgIpc) is 3.27. The van der Waals surface area contributed by atoms with E-state index in [1.165, 1.54) is 12.1 Å². The maximum absolute atomic E-state index is 12.8. The molecule has 4 nitrogen and oxygen atoms in total. The zero-order chi connectivity index (χ0) is 15.8. The van der Waals surface area contributed by atoms with Crippen molar-refractivity contribution in [2.75, 3.05) is 0 Å². The molecule has 22 heavy (non-hydrogen) atoms. The van der Waals surface area contributed by atoms with Crippen molar-refractivity contribution in [1.29, 1.82) is 10.5 Å². The molecule has 1 fully saturated rings. The van der Waals surface area contributed by atoms with E-state index in [0.29, 0.717) is 5.56 Å². The molecular formula is C17H12N2O2S. The summed E-state index contributed by atoms with van der Waals surface area (Å²) in [5.41, 5.74) is -0.814. The van der Waals surface area contributed by atoms with Crippen LogP contribution in [0.5, 0.6) is 0 Å². The molecule has 2 atom stereocenters. The van der Waals surface area contributed by atoms with E-state index in [-0.39, 0.29) is 4.90 Å². The van der Waals surface area contributed by atoms with E-state index >= 15 is 0 Å². The number of nitrogens with zero attached hydrogens (tertiary/aromatic N) is 2. The highest BCUT2D eigenvalue weighted by Crippen LogP contribution is 2.63. The van der Waals surface area contributed by atoms with Crippen LogP contribution in [0.2, 0.25) is 0 Å². The second-order valence-corrected chi connectivity index (χ2v) is 7.33. The lowest BCUT2D eigenvalue weighted by molar-refractivity contribution is 0.591. The molecule has 0 spiro atoms. The Kier molecular flexibility index (Phi) is 3.24. The molecule has 0 aliphatic heterocycles. The summed E-state index contributed by atoms with van der Waals surface area (Å²) >= 11 is 0. The second kappa shape index (κ2) is 4.98. The van der Waals surface area contributed by atoms with Crippen LogP contribution in [0, 0.1) is 28.1 Å². The van der Waals surface area contributed by atoms with Crippen LogP contribution in [0.15, 0.2) is 65.6 Å². The lowest BCUT2D eigenvalue weighted by Gasteiger charge is -2.03. The number of hydrogen-bond donors (Lipinski definition) is 0.